The zero-order valence-electron chi connectivity index (χ0n) is 37.3. The number of hydrogen-bond donors (Lipinski definition) is 0. The summed E-state index contributed by atoms with van der Waals surface area (Å²) in [5.74, 6) is -0.965. The lowest BCUT2D eigenvalue weighted by molar-refractivity contribution is -0.167. The van der Waals surface area contributed by atoms with E-state index in [1.54, 1.807) is 0 Å². The van der Waals surface area contributed by atoms with Crippen molar-refractivity contribution in [1.29, 1.82) is 0 Å². The fourth-order valence-electron chi connectivity index (χ4n) is 5.89. The zero-order valence-corrected chi connectivity index (χ0v) is 37.3. The number of carbonyl (C=O) groups is 3. The third-order valence-electron chi connectivity index (χ3n) is 9.33. The molecule has 1 atom stereocenters. The van der Waals surface area contributed by atoms with Crippen molar-refractivity contribution in [3.63, 3.8) is 0 Å². The molecule has 0 N–H and O–H groups in total. The summed E-state index contributed by atoms with van der Waals surface area (Å²) in [5.41, 5.74) is 0. The monoisotopic (exact) mass is 805 g/mol. The third kappa shape index (κ3) is 43.5. The lowest BCUT2D eigenvalue weighted by Crippen LogP contribution is -2.30. The van der Waals surface area contributed by atoms with Crippen LogP contribution < -0.4 is 0 Å². The van der Waals surface area contributed by atoms with E-state index in [9.17, 15) is 14.4 Å². The highest BCUT2D eigenvalue weighted by Gasteiger charge is 2.19. The molecule has 0 aliphatic heterocycles. The van der Waals surface area contributed by atoms with Crippen molar-refractivity contribution in [2.75, 3.05) is 13.2 Å². The summed E-state index contributed by atoms with van der Waals surface area (Å²) >= 11 is 0. The van der Waals surface area contributed by atoms with Gasteiger partial charge in [-0.2, -0.15) is 0 Å². The van der Waals surface area contributed by atoms with Crippen molar-refractivity contribution >= 4 is 17.9 Å². The minimum Gasteiger partial charge on any atom is -0.462 e. The van der Waals surface area contributed by atoms with E-state index in [-0.39, 0.29) is 31.1 Å². The molecule has 0 spiro atoms. The molecule has 0 radical (unpaired) electrons. The summed E-state index contributed by atoms with van der Waals surface area (Å²) in [6.07, 6.45) is 59.8. The molecule has 0 rings (SSSR count). The molecule has 0 aliphatic carbocycles. The van der Waals surface area contributed by atoms with Crippen LogP contribution in [0.5, 0.6) is 0 Å². The maximum Gasteiger partial charge on any atom is 0.306 e. The molecular formula is C52H84O6. The van der Waals surface area contributed by atoms with E-state index in [4.69, 9.17) is 14.2 Å². The summed E-state index contributed by atoms with van der Waals surface area (Å²) in [4.78, 5) is 37.6. The van der Waals surface area contributed by atoms with Gasteiger partial charge in [-0.25, -0.2) is 0 Å². The van der Waals surface area contributed by atoms with Gasteiger partial charge in [0, 0.05) is 19.3 Å². The Hall–Kier alpha value is -3.67. The van der Waals surface area contributed by atoms with E-state index >= 15 is 0 Å². The highest BCUT2D eigenvalue weighted by Crippen LogP contribution is 2.12. The van der Waals surface area contributed by atoms with E-state index < -0.39 is 6.10 Å². The Labute approximate surface area is 356 Å². The van der Waals surface area contributed by atoms with Crippen LogP contribution in [0.25, 0.3) is 0 Å². The predicted molar refractivity (Wildman–Crippen MR) is 247 cm³/mol. The molecule has 58 heavy (non-hydrogen) atoms. The fraction of sp³-hybridized carbons (Fsp3) is 0.635. The second kappa shape index (κ2) is 46.0. The van der Waals surface area contributed by atoms with Gasteiger partial charge in [-0.1, -0.05) is 176 Å². The molecule has 6 heteroatoms. The van der Waals surface area contributed by atoms with Gasteiger partial charge in [-0.15, -0.1) is 0 Å². The number of ether oxygens (including phenoxy) is 3. The standard InChI is InChI=1S/C52H84O6/c1-4-7-10-13-16-18-20-22-24-26-28-30-32-34-36-39-42-45-51(54)57-48-49(47-56-50(53)44-41-38-15-12-9-6-3)58-52(55)46-43-40-37-35-33-31-29-27-25-23-21-19-17-14-11-8-5-2/h7-8,10-11,16-19,22-25,28-31,49H,4-6,9,12-15,20-21,26-27,32-48H2,1-3H3/b10-7-,11-8-,18-16-,19-17-,24-22-,25-23-,30-28-,31-29-. The molecule has 0 aromatic rings. The lowest BCUT2D eigenvalue weighted by atomic mass is 10.1. The van der Waals surface area contributed by atoms with Gasteiger partial charge in [0.25, 0.3) is 0 Å². The van der Waals surface area contributed by atoms with Gasteiger partial charge in [-0.05, 0) is 96.3 Å². The van der Waals surface area contributed by atoms with E-state index in [0.717, 1.165) is 135 Å². The topological polar surface area (TPSA) is 78.9 Å². The quantitative estimate of drug-likeness (QED) is 0.0266. The van der Waals surface area contributed by atoms with Gasteiger partial charge < -0.3 is 14.2 Å². The van der Waals surface area contributed by atoms with Gasteiger partial charge in [0.1, 0.15) is 13.2 Å². The Balaban J connectivity index is 4.38. The summed E-state index contributed by atoms with van der Waals surface area (Å²) in [7, 11) is 0. The summed E-state index contributed by atoms with van der Waals surface area (Å²) < 4.78 is 16.6. The van der Waals surface area contributed by atoms with Crippen LogP contribution in [0.2, 0.25) is 0 Å². The van der Waals surface area contributed by atoms with Crippen molar-refractivity contribution in [3.8, 4) is 0 Å². The molecule has 0 saturated heterocycles. The highest BCUT2D eigenvalue weighted by atomic mass is 16.6. The molecule has 1 unspecified atom stereocenters. The van der Waals surface area contributed by atoms with Crippen LogP contribution in [0.1, 0.15) is 194 Å². The predicted octanol–water partition coefficient (Wildman–Crippen LogP) is 15.0. The molecule has 0 bridgehead atoms. The summed E-state index contributed by atoms with van der Waals surface area (Å²) in [5, 5.41) is 0. The number of hydrogen-bond acceptors (Lipinski definition) is 6. The second-order valence-corrected chi connectivity index (χ2v) is 14.9. The van der Waals surface area contributed by atoms with Gasteiger partial charge in [0.05, 0.1) is 0 Å². The smallest absolute Gasteiger partial charge is 0.306 e. The molecule has 0 heterocycles. The lowest BCUT2D eigenvalue weighted by Gasteiger charge is -2.18. The molecule has 0 amide bonds. The van der Waals surface area contributed by atoms with Crippen molar-refractivity contribution in [2.45, 2.75) is 200 Å². The van der Waals surface area contributed by atoms with E-state index in [1.807, 2.05) is 0 Å². The van der Waals surface area contributed by atoms with Crippen molar-refractivity contribution < 1.29 is 28.6 Å². The number of unbranched alkanes of at least 4 members (excludes halogenated alkanes) is 13. The van der Waals surface area contributed by atoms with E-state index in [2.05, 4.69) is 118 Å². The Bertz CT molecular complexity index is 1200. The van der Waals surface area contributed by atoms with Crippen molar-refractivity contribution in [1.82, 2.24) is 0 Å². The maximum absolute atomic E-state index is 12.7. The molecule has 0 aromatic carbocycles. The molecular weight excluding hydrogens is 721 g/mol. The number of carbonyl (C=O) groups excluding carboxylic acids is 3. The van der Waals surface area contributed by atoms with Gasteiger partial charge in [0.2, 0.25) is 0 Å². The normalized spacial score (nSPS) is 12.9. The van der Waals surface area contributed by atoms with Crippen LogP contribution in [0.15, 0.2) is 97.2 Å². The number of rotatable bonds is 40. The first-order valence-corrected chi connectivity index (χ1v) is 23.2. The molecule has 6 nitrogen and oxygen atoms in total. The van der Waals surface area contributed by atoms with Gasteiger partial charge in [0.15, 0.2) is 6.10 Å². The van der Waals surface area contributed by atoms with Crippen LogP contribution in [0, 0.1) is 0 Å². The average Bonchev–Trinajstić information content (AvgIpc) is 3.22. The van der Waals surface area contributed by atoms with E-state index in [0.29, 0.717) is 19.3 Å². The maximum atomic E-state index is 12.7. The third-order valence-corrected chi connectivity index (χ3v) is 9.33. The Morgan fingerprint density at radius 1 is 0.362 bits per heavy atom. The molecule has 0 aromatic heterocycles. The number of esters is 3. The van der Waals surface area contributed by atoms with Crippen molar-refractivity contribution in [2.24, 2.45) is 0 Å². The van der Waals surface area contributed by atoms with Crippen LogP contribution in [0.4, 0.5) is 0 Å². The fourth-order valence-corrected chi connectivity index (χ4v) is 5.89. The first kappa shape index (κ1) is 54.3. The van der Waals surface area contributed by atoms with Crippen LogP contribution in [-0.2, 0) is 28.6 Å². The minimum absolute atomic E-state index is 0.0974. The van der Waals surface area contributed by atoms with Gasteiger partial charge >= 0.3 is 17.9 Å². The largest absolute Gasteiger partial charge is 0.462 e. The minimum atomic E-state index is -0.797. The Morgan fingerprint density at radius 3 is 1.05 bits per heavy atom. The zero-order chi connectivity index (χ0) is 42.3. The first-order valence-electron chi connectivity index (χ1n) is 23.2. The van der Waals surface area contributed by atoms with Crippen molar-refractivity contribution in [3.05, 3.63) is 97.2 Å². The SMILES string of the molecule is CC/C=C\C/C=C\C/C=C\C/C=C\CCCCCCC(=O)OCC(COC(=O)CCCCCCCC)OC(=O)CCCCCC/C=C\C/C=C\C/C=C\C/C=C\CC. The second-order valence-electron chi connectivity index (χ2n) is 14.9. The first-order chi connectivity index (χ1) is 28.5. The van der Waals surface area contributed by atoms with Crippen LogP contribution >= 0.6 is 0 Å². The highest BCUT2D eigenvalue weighted by molar-refractivity contribution is 5.71. The molecule has 0 fully saturated rings. The van der Waals surface area contributed by atoms with Crippen LogP contribution in [-0.4, -0.2) is 37.2 Å². The molecule has 328 valence electrons. The molecule has 0 aliphatic rings. The number of allylic oxidation sites excluding steroid dienone is 16. The average molecular weight is 805 g/mol. The molecule has 0 saturated carbocycles. The summed E-state index contributed by atoms with van der Waals surface area (Å²) in [6.45, 7) is 6.28. The van der Waals surface area contributed by atoms with E-state index in [1.165, 1.54) is 19.3 Å². The van der Waals surface area contributed by atoms with Gasteiger partial charge in [-0.3, -0.25) is 14.4 Å². The Morgan fingerprint density at radius 2 is 0.672 bits per heavy atom. The Kier molecular flexibility index (Phi) is 43.1. The van der Waals surface area contributed by atoms with Crippen LogP contribution in [0.3, 0.4) is 0 Å². The summed E-state index contributed by atoms with van der Waals surface area (Å²) in [6, 6.07) is 0.